The normalized spacial score (nSPS) is 56.2. The molecule has 7 heteroatoms. The van der Waals surface area contributed by atoms with Gasteiger partial charge in [0.1, 0.15) is 11.7 Å². The molecule has 0 aromatic rings. The lowest BCUT2D eigenvalue weighted by Gasteiger charge is -2.62. The molecule has 0 bridgehead atoms. The van der Waals surface area contributed by atoms with Crippen molar-refractivity contribution in [1.29, 1.82) is 0 Å². The Bertz CT molecular complexity index is 1150. The fourth-order valence-corrected chi connectivity index (χ4v) is 11.0. The van der Waals surface area contributed by atoms with Crippen molar-refractivity contribution >= 4 is 17.5 Å². The van der Waals surface area contributed by atoms with Crippen LogP contribution < -0.4 is 0 Å². The van der Waals surface area contributed by atoms with Crippen molar-refractivity contribution in [1.82, 2.24) is 0 Å². The van der Waals surface area contributed by atoms with E-state index in [1.165, 1.54) is 0 Å². The number of Topliss-reactive ketones (excluding diaryl/α,β-unsaturated/α-hetero) is 2. The van der Waals surface area contributed by atoms with Gasteiger partial charge in [-0.05, 0) is 66.8 Å². The first-order valence-corrected chi connectivity index (χ1v) is 14.1. The quantitative estimate of drug-likeness (QED) is 0.425. The highest BCUT2D eigenvalue weighted by molar-refractivity contribution is 6.08. The molecule has 5 aliphatic carbocycles. The monoisotopic (exact) mass is 514 g/mol. The summed E-state index contributed by atoms with van der Waals surface area (Å²) in [5.41, 5.74) is -3.63. The Morgan fingerprint density at radius 2 is 1.59 bits per heavy atom. The highest BCUT2D eigenvalue weighted by Gasteiger charge is 2.81. The Kier molecular flexibility index (Phi) is 4.96. The number of esters is 1. The summed E-state index contributed by atoms with van der Waals surface area (Å²) in [5, 5.41) is 34.6. The summed E-state index contributed by atoms with van der Waals surface area (Å²) < 4.78 is 6.01. The molecule has 12 atom stereocenters. The molecule has 0 aromatic heterocycles. The SMILES string of the molecule is CC1CC2(CC(C)C3[C@@H]2C(=O)[C@@]2(C)C4=C(C(=O)[C@@H](O)[C@]32C)[C@@]2(C)CC[C@H](O)C(C)(C)C2C[C@H]4O)OC1=O. The topological polar surface area (TPSA) is 121 Å². The summed E-state index contributed by atoms with van der Waals surface area (Å²) in [6, 6.07) is 0. The number of carbonyl (C=O) groups excluding carboxylic acids is 3. The molecule has 1 aliphatic heterocycles. The third-order valence-corrected chi connectivity index (χ3v) is 12.8. The van der Waals surface area contributed by atoms with Crippen LogP contribution in [0.4, 0.5) is 0 Å². The van der Waals surface area contributed by atoms with Crippen LogP contribution in [0.25, 0.3) is 0 Å². The van der Waals surface area contributed by atoms with Gasteiger partial charge in [-0.15, -0.1) is 0 Å². The van der Waals surface area contributed by atoms with Crippen LogP contribution in [-0.2, 0) is 19.1 Å². The van der Waals surface area contributed by atoms with E-state index in [-0.39, 0.29) is 41.2 Å². The number of carbonyl (C=O) groups is 3. The van der Waals surface area contributed by atoms with E-state index in [0.29, 0.717) is 43.3 Å². The molecule has 1 saturated heterocycles. The van der Waals surface area contributed by atoms with Crippen LogP contribution in [0.5, 0.6) is 0 Å². The Morgan fingerprint density at radius 1 is 0.946 bits per heavy atom. The molecule has 5 unspecified atom stereocenters. The van der Waals surface area contributed by atoms with E-state index < -0.39 is 51.5 Å². The molecule has 7 nitrogen and oxygen atoms in total. The average molecular weight is 515 g/mol. The highest BCUT2D eigenvalue weighted by Crippen LogP contribution is 2.75. The Morgan fingerprint density at radius 3 is 2.19 bits per heavy atom. The predicted octanol–water partition coefficient (Wildman–Crippen LogP) is 2.98. The van der Waals surface area contributed by atoms with Gasteiger partial charge < -0.3 is 20.1 Å². The van der Waals surface area contributed by atoms with Crippen LogP contribution in [-0.4, -0.2) is 56.8 Å². The van der Waals surface area contributed by atoms with Crippen molar-refractivity contribution in [3.05, 3.63) is 11.1 Å². The van der Waals surface area contributed by atoms with Gasteiger partial charge in [0.15, 0.2) is 11.6 Å². The molecular formula is C30H42O7. The second kappa shape index (κ2) is 7.14. The van der Waals surface area contributed by atoms with E-state index in [4.69, 9.17) is 4.74 Å². The highest BCUT2D eigenvalue weighted by atomic mass is 16.6. The van der Waals surface area contributed by atoms with Gasteiger partial charge in [-0.1, -0.05) is 41.5 Å². The number of ketones is 2. The number of fused-ring (bicyclic) bond motifs is 7. The molecule has 0 amide bonds. The molecule has 6 aliphatic rings. The van der Waals surface area contributed by atoms with Crippen molar-refractivity contribution in [2.24, 2.45) is 51.2 Å². The van der Waals surface area contributed by atoms with Gasteiger partial charge in [0.05, 0.1) is 29.5 Å². The lowest BCUT2D eigenvalue weighted by atomic mass is 9.42. The summed E-state index contributed by atoms with van der Waals surface area (Å²) in [5.74, 6) is -2.29. The minimum atomic E-state index is -1.40. The third-order valence-electron chi connectivity index (χ3n) is 12.8. The molecule has 6 rings (SSSR count). The molecule has 37 heavy (non-hydrogen) atoms. The molecule has 1 heterocycles. The maximum atomic E-state index is 14.8. The van der Waals surface area contributed by atoms with Crippen molar-refractivity contribution in [3.8, 4) is 0 Å². The maximum absolute atomic E-state index is 14.8. The minimum Gasteiger partial charge on any atom is -0.458 e. The third kappa shape index (κ3) is 2.58. The van der Waals surface area contributed by atoms with Crippen LogP contribution in [0.3, 0.4) is 0 Å². The maximum Gasteiger partial charge on any atom is 0.309 e. The average Bonchev–Trinajstić information content (AvgIpc) is 3.33. The first-order valence-electron chi connectivity index (χ1n) is 14.1. The molecule has 0 radical (unpaired) electrons. The second-order valence-electron chi connectivity index (χ2n) is 14.7. The summed E-state index contributed by atoms with van der Waals surface area (Å²) >= 11 is 0. The van der Waals surface area contributed by atoms with Crippen LogP contribution in [0.15, 0.2) is 11.1 Å². The minimum absolute atomic E-state index is 0.0451. The Balaban J connectivity index is 1.59. The van der Waals surface area contributed by atoms with Gasteiger partial charge in [-0.25, -0.2) is 0 Å². The molecule has 1 spiro atoms. The van der Waals surface area contributed by atoms with Gasteiger partial charge in [0.2, 0.25) is 0 Å². The largest absolute Gasteiger partial charge is 0.458 e. The van der Waals surface area contributed by atoms with E-state index >= 15 is 0 Å². The number of ether oxygens (including phenoxy) is 1. The van der Waals surface area contributed by atoms with E-state index in [1.807, 2.05) is 48.5 Å². The molecule has 204 valence electrons. The van der Waals surface area contributed by atoms with Crippen molar-refractivity contribution in [3.63, 3.8) is 0 Å². The van der Waals surface area contributed by atoms with E-state index in [1.54, 1.807) is 0 Å². The number of aliphatic hydroxyl groups is 3. The van der Waals surface area contributed by atoms with Crippen molar-refractivity contribution in [2.45, 2.75) is 104 Å². The second-order valence-corrected chi connectivity index (χ2v) is 14.7. The van der Waals surface area contributed by atoms with Crippen LogP contribution >= 0.6 is 0 Å². The Hall–Kier alpha value is -1.57. The van der Waals surface area contributed by atoms with E-state index in [0.717, 1.165) is 0 Å². The van der Waals surface area contributed by atoms with Crippen LogP contribution in [0.1, 0.15) is 80.6 Å². The molecular weight excluding hydrogens is 472 g/mol. The van der Waals surface area contributed by atoms with Gasteiger partial charge in [0, 0.05) is 17.4 Å². The first kappa shape index (κ1) is 25.7. The van der Waals surface area contributed by atoms with Crippen LogP contribution in [0, 0.1) is 51.2 Å². The fourth-order valence-electron chi connectivity index (χ4n) is 11.0. The summed E-state index contributed by atoms with van der Waals surface area (Å²) in [7, 11) is 0. The molecule has 3 N–H and O–H groups in total. The lowest BCUT2D eigenvalue weighted by molar-refractivity contribution is -0.159. The summed E-state index contributed by atoms with van der Waals surface area (Å²) in [4.78, 5) is 41.6. The standard InChI is InChI=1S/C30H42O7/c1-13-11-30(12-14(2)25(36)37-30)21-18(13)28(6)24(35)22(33)20-19(29(28,7)23(21)34)15(31)10-16-26(3,4)17(32)8-9-27(16,20)5/h13-18,21,24,31-32,35H,8-12H2,1-7H3/t13?,14?,15-,16?,17+,18?,21-,24-,27+,28+,29-,30?/m1/s1. The molecule has 3 saturated carbocycles. The molecule has 4 fully saturated rings. The number of hydrogen-bond donors (Lipinski definition) is 3. The number of hydrogen-bond acceptors (Lipinski definition) is 7. The zero-order valence-corrected chi connectivity index (χ0v) is 23.1. The van der Waals surface area contributed by atoms with E-state index in [9.17, 15) is 29.7 Å². The first-order chi connectivity index (χ1) is 17.0. The van der Waals surface area contributed by atoms with Gasteiger partial charge in [-0.2, -0.15) is 0 Å². The fraction of sp³-hybridized carbons (Fsp3) is 0.833. The predicted molar refractivity (Wildman–Crippen MR) is 134 cm³/mol. The van der Waals surface area contributed by atoms with Crippen LogP contribution in [0.2, 0.25) is 0 Å². The molecule has 0 aromatic carbocycles. The summed E-state index contributed by atoms with van der Waals surface area (Å²) in [6.07, 6.45) is -0.581. The zero-order chi connectivity index (χ0) is 27.2. The zero-order valence-electron chi connectivity index (χ0n) is 23.1. The Labute approximate surface area is 219 Å². The smallest absolute Gasteiger partial charge is 0.309 e. The van der Waals surface area contributed by atoms with E-state index in [2.05, 4.69) is 0 Å². The van der Waals surface area contributed by atoms with Crippen molar-refractivity contribution < 1.29 is 34.4 Å². The van der Waals surface area contributed by atoms with Gasteiger partial charge in [0.25, 0.3) is 0 Å². The number of aliphatic hydroxyl groups excluding tert-OH is 3. The van der Waals surface area contributed by atoms with Crippen molar-refractivity contribution in [2.75, 3.05) is 0 Å². The van der Waals surface area contributed by atoms with Gasteiger partial charge >= 0.3 is 5.97 Å². The lowest BCUT2D eigenvalue weighted by Crippen LogP contribution is -2.65. The van der Waals surface area contributed by atoms with Gasteiger partial charge in [-0.3, -0.25) is 14.4 Å². The summed E-state index contributed by atoms with van der Waals surface area (Å²) in [6.45, 7) is 13.5. The number of rotatable bonds is 0.